The molecule has 0 radical (unpaired) electrons. The average Bonchev–Trinajstić information content (AvgIpc) is 2.51. The maximum absolute atomic E-state index is 12.4. The summed E-state index contributed by atoms with van der Waals surface area (Å²) in [6.07, 6.45) is 3.07. The number of rotatable bonds is 3. The molecular formula is C23H28O4. The summed E-state index contributed by atoms with van der Waals surface area (Å²) in [5.41, 5.74) is 2.04. The first kappa shape index (κ1) is 20.6. The van der Waals surface area contributed by atoms with Gasteiger partial charge in [-0.1, -0.05) is 47.6 Å². The van der Waals surface area contributed by atoms with Gasteiger partial charge in [-0.15, -0.1) is 0 Å². The third kappa shape index (κ3) is 4.70. The molecule has 0 heterocycles. The van der Waals surface area contributed by atoms with Crippen LogP contribution in [0.15, 0.2) is 36.4 Å². The van der Waals surface area contributed by atoms with E-state index in [1.807, 2.05) is 53.7 Å². The Bertz CT molecular complexity index is 859. The Hall–Kier alpha value is -2.75. The second-order valence-electron chi connectivity index (χ2n) is 8.86. The van der Waals surface area contributed by atoms with Gasteiger partial charge in [0.2, 0.25) is 0 Å². The van der Waals surface area contributed by atoms with Crippen LogP contribution in [0.5, 0.6) is 17.2 Å². The van der Waals surface area contributed by atoms with Crippen molar-refractivity contribution in [1.82, 2.24) is 0 Å². The molecule has 2 aromatic carbocycles. The van der Waals surface area contributed by atoms with Gasteiger partial charge in [-0.05, 0) is 46.7 Å². The summed E-state index contributed by atoms with van der Waals surface area (Å²) >= 11 is 0. The van der Waals surface area contributed by atoms with Crippen LogP contribution >= 0.6 is 0 Å². The van der Waals surface area contributed by atoms with Crippen molar-refractivity contribution >= 4 is 11.9 Å². The molecule has 4 nitrogen and oxygen atoms in total. The second kappa shape index (κ2) is 7.10. The summed E-state index contributed by atoms with van der Waals surface area (Å²) in [6, 6.07) is 7.64. The standard InChI is InChI=1S/C23H28O4/c1-22(2,3)17-11-14(12-18(21(17)27)23(4,5)6)7-10-19(25)16-9-8-15(24)13-20(16)26/h7-13,24,26-27H,1-6H3/b10-7+. The molecule has 0 unspecified atom stereocenters. The van der Waals surface area contributed by atoms with Crippen LogP contribution in [-0.4, -0.2) is 21.1 Å². The summed E-state index contributed by atoms with van der Waals surface area (Å²) in [5.74, 6) is -0.442. The Morgan fingerprint density at radius 1 is 0.852 bits per heavy atom. The Morgan fingerprint density at radius 3 is 1.81 bits per heavy atom. The number of carbonyl (C=O) groups is 1. The van der Waals surface area contributed by atoms with Gasteiger partial charge in [0.1, 0.15) is 17.2 Å². The van der Waals surface area contributed by atoms with Crippen LogP contribution in [0.3, 0.4) is 0 Å². The van der Waals surface area contributed by atoms with Crippen molar-refractivity contribution in [2.24, 2.45) is 0 Å². The first-order valence-electron chi connectivity index (χ1n) is 8.93. The van der Waals surface area contributed by atoms with E-state index in [4.69, 9.17) is 0 Å². The number of hydrogen-bond acceptors (Lipinski definition) is 4. The van der Waals surface area contributed by atoms with E-state index in [9.17, 15) is 20.1 Å². The van der Waals surface area contributed by atoms with Gasteiger partial charge in [0.05, 0.1) is 5.56 Å². The molecule has 0 fully saturated rings. The molecule has 0 aliphatic heterocycles. The highest BCUT2D eigenvalue weighted by Gasteiger charge is 2.26. The minimum absolute atomic E-state index is 0.101. The lowest BCUT2D eigenvalue weighted by atomic mass is 9.78. The van der Waals surface area contributed by atoms with E-state index in [1.165, 1.54) is 18.2 Å². The predicted octanol–water partition coefficient (Wildman–Crippen LogP) is 5.29. The average molecular weight is 368 g/mol. The molecule has 0 aromatic heterocycles. The second-order valence-corrected chi connectivity index (χ2v) is 8.86. The van der Waals surface area contributed by atoms with Crippen molar-refractivity contribution in [1.29, 1.82) is 0 Å². The topological polar surface area (TPSA) is 77.8 Å². The van der Waals surface area contributed by atoms with Crippen molar-refractivity contribution in [3.05, 3.63) is 58.7 Å². The zero-order valence-corrected chi connectivity index (χ0v) is 16.8. The number of phenolic OH excluding ortho intramolecular Hbond substituents is 3. The zero-order chi connectivity index (χ0) is 20.6. The number of ketones is 1. The third-order valence-electron chi connectivity index (χ3n) is 4.42. The number of aromatic hydroxyl groups is 3. The molecule has 0 aliphatic carbocycles. The molecule has 0 amide bonds. The highest BCUT2D eigenvalue weighted by atomic mass is 16.3. The van der Waals surface area contributed by atoms with Crippen LogP contribution in [0.1, 0.15) is 68.6 Å². The maximum Gasteiger partial charge on any atom is 0.189 e. The van der Waals surface area contributed by atoms with Crippen molar-refractivity contribution in [3.8, 4) is 17.2 Å². The van der Waals surface area contributed by atoms with E-state index in [1.54, 1.807) is 6.08 Å². The molecule has 0 saturated carbocycles. The third-order valence-corrected chi connectivity index (χ3v) is 4.42. The first-order chi connectivity index (χ1) is 12.3. The molecule has 0 aliphatic rings. The van der Waals surface area contributed by atoms with Crippen molar-refractivity contribution in [2.45, 2.75) is 52.4 Å². The Morgan fingerprint density at radius 2 is 1.37 bits per heavy atom. The van der Waals surface area contributed by atoms with Crippen LogP contribution in [0.25, 0.3) is 6.08 Å². The van der Waals surface area contributed by atoms with Gasteiger partial charge < -0.3 is 15.3 Å². The lowest BCUT2D eigenvalue weighted by Crippen LogP contribution is -2.17. The van der Waals surface area contributed by atoms with Crippen molar-refractivity contribution in [2.75, 3.05) is 0 Å². The molecular weight excluding hydrogens is 340 g/mol. The number of benzene rings is 2. The molecule has 2 rings (SSSR count). The molecule has 4 heteroatoms. The van der Waals surface area contributed by atoms with Gasteiger partial charge in [0.15, 0.2) is 5.78 Å². The van der Waals surface area contributed by atoms with Crippen LogP contribution in [0.2, 0.25) is 0 Å². The molecule has 0 atom stereocenters. The van der Waals surface area contributed by atoms with E-state index in [2.05, 4.69) is 0 Å². The van der Waals surface area contributed by atoms with Crippen LogP contribution in [0.4, 0.5) is 0 Å². The lowest BCUT2D eigenvalue weighted by molar-refractivity contribution is 0.104. The fourth-order valence-corrected chi connectivity index (χ4v) is 2.89. The number of carbonyl (C=O) groups excluding carboxylic acids is 1. The molecule has 2 aromatic rings. The van der Waals surface area contributed by atoms with Gasteiger partial charge in [0.25, 0.3) is 0 Å². The first-order valence-corrected chi connectivity index (χ1v) is 8.93. The normalized spacial score (nSPS) is 12.5. The Labute approximate surface area is 160 Å². The van der Waals surface area contributed by atoms with Crippen LogP contribution < -0.4 is 0 Å². The molecule has 0 spiro atoms. The Kier molecular flexibility index (Phi) is 5.41. The highest BCUT2D eigenvalue weighted by molar-refractivity contribution is 6.08. The minimum atomic E-state index is -0.366. The lowest BCUT2D eigenvalue weighted by Gasteiger charge is -2.27. The maximum atomic E-state index is 12.4. The Balaban J connectivity index is 2.49. The molecule has 0 bridgehead atoms. The molecule has 3 N–H and O–H groups in total. The SMILES string of the molecule is CC(C)(C)c1cc(/C=C/C(=O)c2ccc(O)cc2O)cc(C(C)(C)C)c1O. The summed E-state index contributed by atoms with van der Waals surface area (Å²) in [4.78, 5) is 12.4. The molecule has 27 heavy (non-hydrogen) atoms. The van der Waals surface area contributed by atoms with Gasteiger partial charge in [0, 0.05) is 17.2 Å². The van der Waals surface area contributed by atoms with E-state index < -0.39 is 0 Å². The fraction of sp³-hybridized carbons (Fsp3) is 0.348. The number of phenols is 3. The monoisotopic (exact) mass is 368 g/mol. The van der Waals surface area contributed by atoms with E-state index in [0.29, 0.717) is 0 Å². The predicted molar refractivity (Wildman–Crippen MR) is 109 cm³/mol. The van der Waals surface area contributed by atoms with Crippen LogP contribution in [0, 0.1) is 0 Å². The van der Waals surface area contributed by atoms with E-state index >= 15 is 0 Å². The van der Waals surface area contributed by atoms with E-state index in [-0.39, 0.29) is 39.4 Å². The van der Waals surface area contributed by atoms with Crippen LogP contribution in [-0.2, 0) is 10.8 Å². The van der Waals surface area contributed by atoms with Gasteiger partial charge in [-0.25, -0.2) is 0 Å². The smallest absolute Gasteiger partial charge is 0.189 e. The quantitative estimate of drug-likeness (QED) is 0.508. The molecule has 144 valence electrons. The largest absolute Gasteiger partial charge is 0.508 e. The minimum Gasteiger partial charge on any atom is -0.508 e. The van der Waals surface area contributed by atoms with Gasteiger partial charge in [-0.2, -0.15) is 0 Å². The van der Waals surface area contributed by atoms with Gasteiger partial charge >= 0.3 is 0 Å². The van der Waals surface area contributed by atoms with Crippen molar-refractivity contribution < 1.29 is 20.1 Å². The summed E-state index contributed by atoms with van der Waals surface area (Å²) in [6.45, 7) is 12.2. The van der Waals surface area contributed by atoms with Gasteiger partial charge in [-0.3, -0.25) is 4.79 Å². The zero-order valence-electron chi connectivity index (χ0n) is 16.8. The number of hydrogen-bond donors (Lipinski definition) is 3. The van der Waals surface area contributed by atoms with E-state index in [0.717, 1.165) is 22.8 Å². The summed E-state index contributed by atoms with van der Waals surface area (Å²) in [5, 5.41) is 30.0. The van der Waals surface area contributed by atoms with Crippen molar-refractivity contribution in [3.63, 3.8) is 0 Å². The number of allylic oxidation sites excluding steroid dienone is 1. The summed E-state index contributed by atoms with van der Waals surface area (Å²) in [7, 11) is 0. The molecule has 0 saturated heterocycles. The summed E-state index contributed by atoms with van der Waals surface area (Å²) < 4.78 is 0. The fourth-order valence-electron chi connectivity index (χ4n) is 2.89. The highest BCUT2D eigenvalue weighted by Crippen LogP contribution is 2.40.